The van der Waals surface area contributed by atoms with Gasteiger partial charge >= 0.3 is 0 Å². The van der Waals surface area contributed by atoms with Gasteiger partial charge in [-0.1, -0.05) is 6.07 Å². The van der Waals surface area contributed by atoms with Gasteiger partial charge in [-0.05, 0) is 59.8 Å². The average molecular weight is 486 g/mol. The maximum absolute atomic E-state index is 13.2. The van der Waals surface area contributed by atoms with E-state index in [2.05, 4.69) is 10.6 Å². The van der Waals surface area contributed by atoms with Crippen LogP contribution in [0.4, 0.5) is 11.4 Å². The van der Waals surface area contributed by atoms with Crippen molar-refractivity contribution in [3.8, 4) is 0 Å². The lowest BCUT2D eigenvalue weighted by atomic mass is 10.1. The molecule has 2 aliphatic rings. The van der Waals surface area contributed by atoms with Crippen LogP contribution in [-0.2, 0) is 27.8 Å². The minimum absolute atomic E-state index is 0.106. The maximum Gasteiger partial charge on any atom is 0.255 e. The fourth-order valence-electron chi connectivity index (χ4n) is 3.74. The predicted molar refractivity (Wildman–Crippen MR) is 126 cm³/mol. The van der Waals surface area contributed by atoms with E-state index in [1.54, 1.807) is 47.7 Å². The van der Waals surface area contributed by atoms with E-state index >= 15 is 0 Å². The minimum Gasteiger partial charge on any atom is -0.324 e. The smallest absolute Gasteiger partial charge is 0.255 e. The molecule has 1 aromatic heterocycles. The Morgan fingerprint density at radius 2 is 2.00 bits per heavy atom. The average Bonchev–Trinajstić information content (AvgIpc) is 3.26. The molecule has 2 aromatic carbocycles. The zero-order valence-electron chi connectivity index (χ0n) is 16.8. The number of thiophene rings is 1. The van der Waals surface area contributed by atoms with Crippen LogP contribution in [0.5, 0.6) is 0 Å². The van der Waals surface area contributed by atoms with E-state index in [-0.39, 0.29) is 16.7 Å². The SMILES string of the molecule is O=C1CSc2ccc(C(=O)Nc3cccc(S(=O)(=O)N4CCc5sccc5C4)c3)cc2N1. The Morgan fingerprint density at radius 3 is 2.88 bits per heavy atom. The van der Waals surface area contributed by atoms with Crippen molar-refractivity contribution in [2.75, 3.05) is 22.9 Å². The molecule has 2 aliphatic heterocycles. The third-order valence-electron chi connectivity index (χ3n) is 5.38. The van der Waals surface area contributed by atoms with Gasteiger partial charge in [-0.3, -0.25) is 9.59 Å². The standard InChI is InChI=1S/C22H19N3O4S3/c26-21-13-31-20-5-4-14(10-18(20)24-21)22(27)23-16-2-1-3-17(11-16)32(28,29)25-8-6-19-15(12-25)7-9-30-19/h1-5,7,9-11H,6,8,12-13H2,(H,23,27)(H,24,26). The molecule has 0 unspecified atom stereocenters. The highest BCUT2D eigenvalue weighted by atomic mass is 32.2. The fourth-order valence-corrected chi connectivity index (χ4v) is 6.88. The largest absolute Gasteiger partial charge is 0.324 e. The van der Waals surface area contributed by atoms with Crippen molar-refractivity contribution >= 4 is 56.3 Å². The minimum atomic E-state index is -3.69. The number of benzene rings is 2. The van der Waals surface area contributed by atoms with E-state index in [9.17, 15) is 18.0 Å². The van der Waals surface area contributed by atoms with Crippen molar-refractivity contribution in [1.29, 1.82) is 0 Å². The quantitative estimate of drug-likeness (QED) is 0.586. The second-order valence-corrected chi connectivity index (χ2v) is 11.4. The molecule has 0 bridgehead atoms. The normalized spacial score (nSPS) is 16.1. The number of carbonyl (C=O) groups excluding carboxylic acids is 2. The summed E-state index contributed by atoms with van der Waals surface area (Å²) in [6.07, 6.45) is 0.704. The second-order valence-electron chi connectivity index (χ2n) is 7.49. The number of amides is 2. The Bertz CT molecular complexity index is 1330. The third kappa shape index (κ3) is 4.06. The van der Waals surface area contributed by atoms with Crippen LogP contribution in [0.3, 0.4) is 0 Å². The third-order valence-corrected chi connectivity index (χ3v) is 9.31. The van der Waals surface area contributed by atoms with Gasteiger partial charge in [0.25, 0.3) is 5.91 Å². The first-order valence-corrected chi connectivity index (χ1v) is 13.2. The molecule has 0 aliphatic carbocycles. The molecule has 164 valence electrons. The van der Waals surface area contributed by atoms with Gasteiger partial charge in [0, 0.05) is 34.1 Å². The number of sulfonamides is 1. The summed E-state index contributed by atoms with van der Waals surface area (Å²) in [5.41, 5.74) is 2.42. The monoisotopic (exact) mass is 485 g/mol. The van der Waals surface area contributed by atoms with Crippen molar-refractivity contribution in [3.63, 3.8) is 0 Å². The number of nitrogens with one attached hydrogen (secondary N) is 2. The summed E-state index contributed by atoms with van der Waals surface area (Å²) in [5.74, 6) is -0.136. The molecule has 0 saturated carbocycles. The van der Waals surface area contributed by atoms with Crippen LogP contribution in [0.25, 0.3) is 0 Å². The molecule has 0 atom stereocenters. The summed E-state index contributed by atoms with van der Waals surface area (Å²) in [7, 11) is -3.69. The van der Waals surface area contributed by atoms with E-state index in [0.29, 0.717) is 42.2 Å². The van der Waals surface area contributed by atoms with Gasteiger partial charge < -0.3 is 10.6 Å². The van der Waals surface area contributed by atoms with Crippen molar-refractivity contribution in [3.05, 3.63) is 69.9 Å². The molecule has 5 rings (SSSR count). The fraction of sp³-hybridized carbons (Fsp3) is 0.182. The van der Waals surface area contributed by atoms with E-state index in [0.717, 1.165) is 10.5 Å². The van der Waals surface area contributed by atoms with Gasteiger partial charge in [0.2, 0.25) is 15.9 Å². The summed E-state index contributed by atoms with van der Waals surface area (Å²) in [6, 6.07) is 13.4. The number of carbonyl (C=O) groups is 2. The lowest BCUT2D eigenvalue weighted by molar-refractivity contribution is -0.113. The van der Waals surface area contributed by atoms with Crippen LogP contribution in [0.1, 0.15) is 20.8 Å². The number of fused-ring (bicyclic) bond motifs is 2. The first-order valence-electron chi connectivity index (χ1n) is 9.94. The van der Waals surface area contributed by atoms with Gasteiger partial charge in [0.1, 0.15) is 0 Å². The summed E-state index contributed by atoms with van der Waals surface area (Å²) in [4.78, 5) is 26.7. The Kier molecular flexibility index (Phi) is 5.54. The Hall–Kier alpha value is -2.66. The number of thioether (sulfide) groups is 1. The number of anilines is 2. The van der Waals surface area contributed by atoms with Gasteiger partial charge in [-0.2, -0.15) is 4.31 Å². The zero-order chi connectivity index (χ0) is 22.3. The number of nitrogens with zero attached hydrogens (tertiary/aromatic N) is 1. The first kappa shape index (κ1) is 21.2. The molecule has 0 spiro atoms. The molecular weight excluding hydrogens is 466 g/mol. The number of rotatable bonds is 4. The number of hydrogen-bond donors (Lipinski definition) is 2. The predicted octanol–water partition coefficient (Wildman–Crippen LogP) is 3.79. The Labute approximate surface area is 193 Å². The van der Waals surface area contributed by atoms with E-state index in [4.69, 9.17) is 0 Å². The van der Waals surface area contributed by atoms with Crippen molar-refractivity contribution < 1.29 is 18.0 Å². The molecular formula is C22H19N3O4S3. The zero-order valence-corrected chi connectivity index (χ0v) is 19.3. The molecule has 2 N–H and O–H groups in total. The molecule has 3 heterocycles. The van der Waals surface area contributed by atoms with E-state index < -0.39 is 10.0 Å². The Morgan fingerprint density at radius 1 is 1.12 bits per heavy atom. The van der Waals surface area contributed by atoms with Crippen LogP contribution in [0.2, 0.25) is 0 Å². The highest BCUT2D eigenvalue weighted by Crippen LogP contribution is 2.32. The van der Waals surface area contributed by atoms with Crippen LogP contribution >= 0.6 is 23.1 Å². The lowest BCUT2D eigenvalue weighted by Gasteiger charge is -2.26. The molecule has 10 heteroatoms. The van der Waals surface area contributed by atoms with Crippen LogP contribution in [0.15, 0.2) is 63.7 Å². The maximum atomic E-state index is 13.2. The molecule has 0 fully saturated rings. The lowest BCUT2D eigenvalue weighted by Crippen LogP contribution is -2.35. The van der Waals surface area contributed by atoms with Gasteiger partial charge in [-0.15, -0.1) is 23.1 Å². The van der Waals surface area contributed by atoms with Crippen LogP contribution in [-0.4, -0.2) is 36.8 Å². The molecule has 32 heavy (non-hydrogen) atoms. The Balaban J connectivity index is 1.35. The van der Waals surface area contributed by atoms with E-state index in [1.165, 1.54) is 27.0 Å². The molecule has 0 saturated heterocycles. The molecule has 7 nitrogen and oxygen atoms in total. The topological polar surface area (TPSA) is 95.6 Å². The van der Waals surface area contributed by atoms with Gasteiger partial charge in [0.15, 0.2) is 0 Å². The summed E-state index contributed by atoms with van der Waals surface area (Å²) in [5, 5.41) is 7.52. The molecule has 0 radical (unpaired) electrons. The number of hydrogen-bond acceptors (Lipinski definition) is 6. The molecule has 2 amide bonds. The van der Waals surface area contributed by atoms with Crippen molar-refractivity contribution in [2.24, 2.45) is 0 Å². The van der Waals surface area contributed by atoms with Crippen molar-refractivity contribution in [1.82, 2.24) is 4.31 Å². The summed E-state index contributed by atoms with van der Waals surface area (Å²) >= 11 is 3.08. The highest BCUT2D eigenvalue weighted by molar-refractivity contribution is 8.00. The van der Waals surface area contributed by atoms with Crippen molar-refractivity contribution in [2.45, 2.75) is 22.8 Å². The van der Waals surface area contributed by atoms with Crippen LogP contribution < -0.4 is 10.6 Å². The van der Waals surface area contributed by atoms with E-state index in [1.807, 2.05) is 11.4 Å². The highest BCUT2D eigenvalue weighted by Gasteiger charge is 2.29. The van der Waals surface area contributed by atoms with Gasteiger partial charge in [-0.25, -0.2) is 8.42 Å². The molecule has 3 aromatic rings. The summed E-state index contributed by atoms with van der Waals surface area (Å²) in [6.45, 7) is 0.794. The first-order chi connectivity index (χ1) is 15.4. The summed E-state index contributed by atoms with van der Waals surface area (Å²) < 4.78 is 27.9. The second kappa shape index (κ2) is 8.36. The van der Waals surface area contributed by atoms with Crippen LogP contribution in [0, 0.1) is 0 Å². The van der Waals surface area contributed by atoms with Gasteiger partial charge in [0.05, 0.1) is 16.3 Å².